The van der Waals surface area contributed by atoms with E-state index in [1.54, 1.807) is 0 Å². The number of hydrogen-bond donors (Lipinski definition) is 2. The summed E-state index contributed by atoms with van der Waals surface area (Å²) in [6, 6.07) is 5.18. The van der Waals surface area contributed by atoms with Crippen LogP contribution in [0.5, 0.6) is 5.75 Å². The van der Waals surface area contributed by atoms with Crippen molar-refractivity contribution >= 4 is 33.2 Å². The van der Waals surface area contributed by atoms with Gasteiger partial charge in [0.1, 0.15) is 5.75 Å². The van der Waals surface area contributed by atoms with Gasteiger partial charge in [0.2, 0.25) is 10.0 Å². The number of anilines is 1. The number of amides is 1. The van der Waals surface area contributed by atoms with Crippen molar-refractivity contribution in [1.29, 1.82) is 0 Å². The first-order valence-corrected chi connectivity index (χ1v) is 9.87. The van der Waals surface area contributed by atoms with Crippen molar-refractivity contribution in [2.24, 2.45) is 0 Å². The lowest BCUT2D eigenvalue weighted by atomic mass is 10.3. The second kappa shape index (κ2) is 9.26. The van der Waals surface area contributed by atoms with Crippen molar-refractivity contribution < 1.29 is 31.1 Å². The lowest BCUT2D eigenvalue weighted by Crippen LogP contribution is -2.24. The van der Waals surface area contributed by atoms with E-state index in [4.69, 9.17) is 16.3 Å². The number of sulfonamides is 1. The molecule has 2 rings (SSSR count). The number of ether oxygens (including phenoxy) is 1. The molecule has 28 heavy (non-hydrogen) atoms. The van der Waals surface area contributed by atoms with E-state index in [2.05, 4.69) is 4.72 Å². The highest BCUT2D eigenvalue weighted by Crippen LogP contribution is 2.27. The highest BCUT2D eigenvalue weighted by Gasteiger charge is 2.17. The van der Waals surface area contributed by atoms with Gasteiger partial charge in [0.15, 0.2) is 24.1 Å². The Kier molecular flexibility index (Phi) is 7.28. The van der Waals surface area contributed by atoms with E-state index in [1.165, 1.54) is 12.1 Å². The van der Waals surface area contributed by atoms with Gasteiger partial charge in [-0.25, -0.2) is 26.3 Å². The van der Waals surface area contributed by atoms with Crippen LogP contribution in [0.4, 0.5) is 18.9 Å². The highest BCUT2D eigenvalue weighted by atomic mass is 35.5. The van der Waals surface area contributed by atoms with Gasteiger partial charge in [-0.2, -0.15) is 0 Å². The van der Waals surface area contributed by atoms with Crippen LogP contribution in [0.25, 0.3) is 0 Å². The van der Waals surface area contributed by atoms with Crippen molar-refractivity contribution in [3.63, 3.8) is 0 Å². The summed E-state index contributed by atoms with van der Waals surface area (Å²) in [4.78, 5) is 11.7. The molecule has 0 aliphatic heterocycles. The zero-order chi connectivity index (χ0) is 20.9. The normalized spacial score (nSPS) is 11.3. The van der Waals surface area contributed by atoms with Crippen LogP contribution in [0.2, 0.25) is 5.02 Å². The Morgan fingerprint density at radius 3 is 2.50 bits per heavy atom. The molecule has 0 spiro atoms. The molecular formula is C17H16ClF3N2O4S. The molecule has 0 unspecified atom stereocenters. The fraction of sp³-hybridized carbons (Fsp3) is 0.235. The van der Waals surface area contributed by atoms with E-state index in [9.17, 15) is 26.4 Å². The van der Waals surface area contributed by atoms with E-state index in [1.807, 2.05) is 12.2 Å². The number of rotatable bonds is 8. The van der Waals surface area contributed by atoms with Crippen LogP contribution in [-0.2, 0) is 14.8 Å². The Hall–Kier alpha value is -2.30. The Morgan fingerprint density at radius 1 is 1.14 bits per heavy atom. The van der Waals surface area contributed by atoms with Crippen LogP contribution < -0.4 is 14.8 Å². The van der Waals surface area contributed by atoms with Gasteiger partial charge in [0.25, 0.3) is 5.91 Å². The molecule has 0 aliphatic carbocycles. The molecule has 0 radical (unpaired) electrons. The number of hydrogen-bond acceptors (Lipinski definition) is 4. The number of carbonyl (C=O) groups is 1. The minimum absolute atomic E-state index is 0.0111. The standard InChI is InChI=1S/C17H16ClF3N2O4S/c1-2-7-22-28(25,26)10-3-6-14(11(18)8-10)27-9-15(24)23-13-5-4-12(19)16(20)17(13)21/h3-6,8,22H,2,7,9H2,1H3,(H,23,24). The van der Waals surface area contributed by atoms with Crippen LogP contribution in [0, 0.1) is 17.5 Å². The van der Waals surface area contributed by atoms with Gasteiger partial charge in [-0.1, -0.05) is 18.5 Å². The van der Waals surface area contributed by atoms with Crippen molar-refractivity contribution in [3.8, 4) is 5.75 Å². The maximum absolute atomic E-state index is 13.5. The molecule has 0 saturated heterocycles. The predicted octanol–water partition coefficient (Wildman–Crippen LogP) is 3.46. The van der Waals surface area contributed by atoms with E-state index in [-0.39, 0.29) is 22.2 Å². The van der Waals surface area contributed by atoms with Gasteiger partial charge in [0.05, 0.1) is 15.6 Å². The van der Waals surface area contributed by atoms with E-state index in [0.29, 0.717) is 12.5 Å². The van der Waals surface area contributed by atoms with Crippen molar-refractivity contribution in [2.45, 2.75) is 18.2 Å². The molecule has 0 aromatic heterocycles. The molecule has 0 saturated carbocycles. The third-order valence-electron chi connectivity index (χ3n) is 3.42. The third kappa shape index (κ3) is 5.37. The first kappa shape index (κ1) is 22.0. The highest BCUT2D eigenvalue weighted by molar-refractivity contribution is 7.89. The quantitative estimate of drug-likeness (QED) is 0.621. The molecule has 2 aromatic carbocycles. The molecule has 0 aliphatic rings. The first-order chi connectivity index (χ1) is 13.2. The molecule has 0 fully saturated rings. The molecule has 2 aromatic rings. The summed E-state index contributed by atoms with van der Waals surface area (Å²) in [6.45, 7) is 1.45. The minimum Gasteiger partial charge on any atom is -0.482 e. The van der Waals surface area contributed by atoms with Crippen LogP contribution in [0.1, 0.15) is 13.3 Å². The van der Waals surface area contributed by atoms with Gasteiger partial charge in [-0.05, 0) is 36.8 Å². The zero-order valence-corrected chi connectivity index (χ0v) is 16.1. The van der Waals surface area contributed by atoms with Gasteiger partial charge < -0.3 is 10.1 Å². The minimum atomic E-state index is -3.72. The number of nitrogens with one attached hydrogen (secondary N) is 2. The second-order valence-corrected chi connectivity index (χ2v) is 7.72. The predicted molar refractivity (Wildman–Crippen MR) is 97.4 cm³/mol. The largest absolute Gasteiger partial charge is 0.482 e. The second-order valence-electron chi connectivity index (χ2n) is 5.55. The summed E-state index contributed by atoms with van der Waals surface area (Å²) in [6.07, 6.45) is 0.613. The lowest BCUT2D eigenvalue weighted by molar-refractivity contribution is -0.118. The summed E-state index contributed by atoms with van der Waals surface area (Å²) in [5.41, 5.74) is -0.554. The molecule has 0 bridgehead atoms. The zero-order valence-electron chi connectivity index (χ0n) is 14.6. The molecule has 2 N–H and O–H groups in total. The number of halogens is 4. The Bertz CT molecular complexity index is 987. The van der Waals surface area contributed by atoms with E-state index in [0.717, 1.165) is 12.1 Å². The van der Waals surface area contributed by atoms with E-state index >= 15 is 0 Å². The first-order valence-electron chi connectivity index (χ1n) is 8.01. The average molecular weight is 437 g/mol. The van der Waals surface area contributed by atoms with Crippen molar-refractivity contribution in [1.82, 2.24) is 4.72 Å². The Labute approximate surface area is 164 Å². The van der Waals surface area contributed by atoms with E-state index < -0.39 is 45.7 Å². The fourth-order valence-corrected chi connectivity index (χ4v) is 3.50. The van der Waals surface area contributed by atoms with Crippen LogP contribution in [0.3, 0.4) is 0 Å². The molecule has 11 heteroatoms. The SMILES string of the molecule is CCCNS(=O)(=O)c1ccc(OCC(=O)Nc2ccc(F)c(F)c2F)c(Cl)c1. The average Bonchev–Trinajstić information content (AvgIpc) is 2.66. The molecule has 0 heterocycles. The smallest absolute Gasteiger partial charge is 0.262 e. The topological polar surface area (TPSA) is 84.5 Å². The summed E-state index contributed by atoms with van der Waals surface area (Å²) in [5, 5.41) is 1.97. The summed E-state index contributed by atoms with van der Waals surface area (Å²) in [7, 11) is -3.72. The summed E-state index contributed by atoms with van der Waals surface area (Å²) >= 11 is 5.98. The molecular weight excluding hydrogens is 421 g/mol. The molecule has 1 amide bonds. The van der Waals surface area contributed by atoms with Gasteiger partial charge in [-0.15, -0.1) is 0 Å². The Morgan fingerprint density at radius 2 is 1.86 bits per heavy atom. The van der Waals surface area contributed by atoms with Gasteiger partial charge in [-0.3, -0.25) is 4.79 Å². The lowest BCUT2D eigenvalue weighted by Gasteiger charge is -2.11. The number of carbonyl (C=O) groups excluding carboxylic acids is 1. The third-order valence-corrected chi connectivity index (χ3v) is 5.18. The van der Waals surface area contributed by atoms with Crippen LogP contribution in [-0.4, -0.2) is 27.5 Å². The molecule has 0 atom stereocenters. The van der Waals surface area contributed by atoms with Gasteiger partial charge in [0, 0.05) is 6.54 Å². The maximum Gasteiger partial charge on any atom is 0.262 e. The van der Waals surface area contributed by atoms with Crippen molar-refractivity contribution in [3.05, 3.63) is 52.8 Å². The molecule has 6 nitrogen and oxygen atoms in total. The summed E-state index contributed by atoms with van der Waals surface area (Å²) in [5.74, 6) is -5.49. The monoisotopic (exact) mass is 436 g/mol. The summed E-state index contributed by atoms with van der Waals surface area (Å²) < 4.78 is 71.2. The molecule has 152 valence electrons. The number of benzene rings is 2. The maximum atomic E-state index is 13.5. The fourth-order valence-electron chi connectivity index (χ4n) is 2.04. The van der Waals surface area contributed by atoms with Crippen LogP contribution >= 0.6 is 11.6 Å². The van der Waals surface area contributed by atoms with Crippen molar-refractivity contribution in [2.75, 3.05) is 18.5 Å². The van der Waals surface area contributed by atoms with Crippen LogP contribution in [0.15, 0.2) is 35.2 Å². The van der Waals surface area contributed by atoms with Gasteiger partial charge >= 0.3 is 0 Å². The Balaban J connectivity index is 2.03.